The molecule has 2 aromatic carbocycles. The number of hydrogen-bond donors (Lipinski definition) is 1. The van der Waals surface area contributed by atoms with Crippen LogP contribution in [-0.4, -0.2) is 42.3 Å². The van der Waals surface area contributed by atoms with Crippen molar-refractivity contribution in [3.05, 3.63) is 54.3 Å². The third-order valence-electron chi connectivity index (χ3n) is 3.66. The zero-order valence-electron chi connectivity index (χ0n) is 13.3. The fraction of sp³-hybridized carbons (Fsp3) is 0.222. The fourth-order valence-electron chi connectivity index (χ4n) is 2.45. The van der Waals surface area contributed by atoms with Crippen LogP contribution in [0.1, 0.15) is 0 Å². The molecule has 3 rings (SSSR count). The molecule has 1 N–H and O–H groups in total. The summed E-state index contributed by atoms with van der Waals surface area (Å²) in [6, 6.07) is 14.3. The molecule has 5 heteroatoms. The summed E-state index contributed by atoms with van der Waals surface area (Å²) in [4.78, 5) is 2.11. The molecule has 0 aliphatic rings. The highest BCUT2D eigenvalue weighted by Gasteiger charge is 2.10. The van der Waals surface area contributed by atoms with Gasteiger partial charge in [-0.15, -0.1) is 10.2 Å². The first kappa shape index (κ1) is 15.4. The number of halogens is 1. The summed E-state index contributed by atoms with van der Waals surface area (Å²) >= 11 is 0. The number of likely N-dealkylation sites (N-methyl/N-ethyl adjacent to an activating group) is 1. The van der Waals surface area contributed by atoms with E-state index >= 15 is 0 Å². The van der Waals surface area contributed by atoms with E-state index in [0.717, 1.165) is 40.9 Å². The van der Waals surface area contributed by atoms with Gasteiger partial charge < -0.3 is 10.2 Å². The minimum Gasteiger partial charge on any atom is -0.367 e. The van der Waals surface area contributed by atoms with E-state index in [-0.39, 0.29) is 5.82 Å². The smallest absolute Gasteiger partial charge is 0.156 e. The molecule has 0 unspecified atom stereocenters. The average Bonchev–Trinajstić information content (AvgIpc) is 2.56. The molecule has 3 aromatic rings. The molecule has 0 aliphatic carbocycles. The molecule has 118 valence electrons. The van der Waals surface area contributed by atoms with Crippen LogP contribution in [0, 0.1) is 5.82 Å². The van der Waals surface area contributed by atoms with Crippen molar-refractivity contribution in [3.63, 3.8) is 0 Å². The maximum Gasteiger partial charge on any atom is 0.156 e. The highest BCUT2D eigenvalue weighted by Crippen LogP contribution is 2.29. The van der Waals surface area contributed by atoms with Crippen LogP contribution in [0.5, 0.6) is 0 Å². The Bertz CT molecular complexity index is 800. The second-order valence-electron chi connectivity index (χ2n) is 5.68. The number of rotatable bonds is 5. The van der Waals surface area contributed by atoms with Gasteiger partial charge in [0.2, 0.25) is 0 Å². The summed E-state index contributed by atoms with van der Waals surface area (Å²) in [6.45, 7) is 1.71. The highest BCUT2D eigenvalue weighted by molar-refractivity contribution is 5.99. The number of aromatic nitrogens is 2. The molecule has 0 atom stereocenters. The van der Waals surface area contributed by atoms with Gasteiger partial charge in [-0.1, -0.05) is 24.3 Å². The highest BCUT2D eigenvalue weighted by atomic mass is 19.1. The topological polar surface area (TPSA) is 41.0 Å². The molecular formula is C18H19FN4. The Hall–Kier alpha value is -2.53. The van der Waals surface area contributed by atoms with Crippen molar-refractivity contribution in [1.82, 2.24) is 15.1 Å². The molecule has 0 radical (unpaired) electrons. The maximum atomic E-state index is 13.1. The molecule has 0 amide bonds. The minimum atomic E-state index is -0.256. The van der Waals surface area contributed by atoms with Gasteiger partial charge in [-0.2, -0.15) is 0 Å². The SMILES string of the molecule is CN(C)CCNc1nnc(-c2ccc(F)cc2)c2ccccc12. The predicted molar refractivity (Wildman–Crippen MR) is 92.0 cm³/mol. The summed E-state index contributed by atoms with van der Waals surface area (Å²) in [5.41, 5.74) is 1.62. The minimum absolute atomic E-state index is 0.256. The Morgan fingerprint density at radius 3 is 2.35 bits per heavy atom. The third-order valence-corrected chi connectivity index (χ3v) is 3.66. The van der Waals surface area contributed by atoms with E-state index in [0.29, 0.717) is 0 Å². The van der Waals surface area contributed by atoms with Gasteiger partial charge in [-0.05, 0) is 38.4 Å². The summed E-state index contributed by atoms with van der Waals surface area (Å²) in [6.07, 6.45) is 0. The van der Waals surface area contributed by atoms with Gasteiger partial charge in [0, 0.05) is 29.4 Å². The van der Waals surface area contributed by atoms with Gasteiger partial charge in [0.15, 0.2) is 5.82 Å². The Balaban J connectivity index is 2.00. The molecule has 0 spiro atoms. The number of nitrogens with zero attached hydrogens (tertiary/aromatic N) is 3. The zero-order chi connectivity index (χ0) is 16.2. The van der Waals surface area contributed by atoms with Crippen LogP contribution in [0.3, 0.4) is 0 Å². The van der Waals surface area contributed by atoms with Crippen molar-refractivity contribution in [3.8, 4) is 11.3 Å². The van der Waals surface area contributed by atoms with Crippen LogP contribution in [-0.2, 0) is 0 Å². The molecule has 4 nitrogen and oxygen atoms in total. The van der Waals surface area contributed by atoms with E-state index in [2.05, 4.69) is 20.4 Å². The number of fused-ring (bicyclic) bond motifs is 1. The molecule has 0 bridgehead atoms. The summed E-state index contributed by atoms with van der Waals surface area (Å²) < 4.78 is 13.1. The molecule has 0 fully saturated rings. The van der Waals surface area contributed by atoms with E-state index in [9.17, 15) is 4.39 Å². The fourth-order valence-corrected chi connectivity index (χ4v) is 2.45. The second kappa shape index (κ2) is 6.71. The lowest BCUT2D eigenvalue weighted by Crippen LogP contribution is -2.21. The quantitative estimate of drug-likeness (QED) is 0.784. The molecule has 0 aliphatic heterocycles. The Labute approximate surface area is 135 Å². The number of anilines is 1. The van der Waals surface area contributed by atoms with Gasteiger partial charge in [0.05, 0.1) is 0 Å². The number of nitrogens with one attached hydrogen (secondary N) is 1. The molecule has 1 heterocycles. The first-order chi connectivity index (χ1) is 11.1. The van der Waals surface area contributed by atoms with E-state index in [4.69, 9.17) is 0 Å². The van der Waals surface area contributed by atoms with E-state index in [1.165, 1.54) is 12.1 Å². The van der Waals surface area contributed by atoms with Gasteiger partial charge in [0.1, 0.15) is 11.5 Å². The van der Waals surface area contributed by atoms with Crippen molar-refractivity contribution in [1.29, 1.82) is 0 Å². The van der Waals surface area contributed by atoms with Gasteiger partial charge in [-0.25, -0.2) is 4.39 Å². The summed E-state index contributed by atoms with van der Waals surface area (Å²) in [5.74, 6) is 0.515. The molecule has 1 aromatic heterocycles. The number of hydrogen-bond acceptors (Lipinski definition) is 4. The lowest BCUT2D eigenvalue weighted by molar-refractivity contribution is 0.425. The normalized spacial score (nSPS) is 11.1. The molecular weight excluding hydrogens is 291 g/mol. The van der Waals surface area contributed by atoms with Crippen molar-refractivity contribution < 1.29 is 4.39 Å². The van der Waals surface area contributed by atoms with Crippen LogP contribution in [0.2, 0.25) is 0 Å². The van der Waals surface area contributed by atoms with E-state index in [1.54, 1.807) is 12.1 Å². The van der Waals surface area contributed by atoms with Crippen LogP contribution >= 0.6 is 0 Å². The molecule has 23 heavy (non-hydrogen) atoms. The largest absolute Gasteiger partial charge is 0.367 e. The zero-order valence-corrected chi connectivity index (χ0v) is 13.3. The van der Waals surface area contributed by atoms with Crippen LogP contribution in [0.25, 0.3) is 22.0 Å². The summed E-state index contributed by atoms with van der Waals surface area (Å²) in [5, 5.41) is 14.0. The van der Waals surface area contributed by atoms with E-state index < -0.39 is 0 Å². The monoisotopic (exact) mass is 310 g/mol. The first-order valence-electron chi connectivity index (χ1n) is 7.55. The first-order valence-corrected chi connectivity index (χ1v) is 7.55. The summed E-state index contributed by atoms with van der Waals surface area (Å²) in [7, 11) is 4.06. The third kappa shape index (κ3) is 3.46. The van der Waals surface area contributed by atoms with Crippen LogP contribution in [0.4, 0.5) is 10.2 Å². The average molecular weight is 310 g/mol. The van der Waals surface area contributed by atoms with Gasteiger partial charge in [-0.3, -0.25) is 0 Å². The van der Waals surface area contributed by atoms with Crippen LogP contribution in [0.15, 0.2) is 48.5 Å². The van der Waals surface area contributed by atoms with Crippen LogP contribution < -0.4 is 5.32 Å². The Morgan fingerprint density at radius 2 is 1.65 bits per heavy atom. The van der Waals surface area contributed by atoms with Crippen molar-refractivity contribution in [2.45, 2.75) is 0 Å². The molecule has 0 saturated carbocycles. The van der Waals surface area contributed by atoms with Gasteiger partial charge >= 0.3 is 0 Å². The van der Waals surface area contributed by atoms with Gasteiger partial charge in [0.25, 0.3) is 0 Å². The maximum absolute atomic E-state index is 13.1. The predicted octanol–water partition coefficient (Wildman–Crippen LogP) is 3.41. The van der Waals surface area contributed by atoms with Crippen molar-refractivity contribution in [2.24, 2.45) is 0 Å². The standard InChI is InChI=1S/C18H19FN4/c1-23(2)12-11-20-18-16-6-4-3-5-15(16)17(21-22-18)13-7-9-14(19)10-8-13/h3-10H,11-12H2,1-2H3,(H,20,22). The Kier molecular flexibility index (Phi) is 4.48. The van der Waals surface area contributed by atoms with Crippen molar-refractivity contribution in [2.75, 3.05) is 32.5 Å². The van der Waals surface area contributed by atoms with Crippen molar-refractivity contribution >= 4 is 16.6 Å². The Morgan fingerprint density at radius 1 is 0.957 bits per heavy atom. The lowest BCUT2D eigenvalue weighted by atomic mass is 10.0. The number of benzene rings is 2. The lowest BCUT2D eigenvalue weighted by Gasteiger charge is -2.13. The second-order valence-corrected chi connectivity index (χ2v) is 5.68. The molecule has 0 saturated heterocycles. The van der Waals surface area contributed by atoms with E-state index in [1.807, 2.05) is 38.4 Å².